The van der Waals surface area contributed by atoms with Crippen molar-refractivity contribution in [1.82, 2.24) is 15.1 Å². The van der Waals surface area contributed by atoms with Crippen LogP contribution in [0.3, 0.4) is 0 Å². The molecule has 2 heterocycles. The summed E-state index contributed by atoms with van der Waals surface area (Å²) < 4.78 is 5.54. The summed E-state index contributed by atoms with van der Waals surface area (Å²) >= 11 is 6.04. The first kappa shape index (κ1) is 18.0. The summed E-state index contributed by atoms with van der Waals surface area (Å²) in [6.45, 7) is 3.83. The zero-order valence-corrected chi connectivity index (χ0v) is 15.0. The first-order chi connectivity index (χ1) is 12.1. The van der Waals surface area contributed by atoms with E-state index in [1.165, 1.54) is 0 Å². The number of amides is 2. The topological polar surface area (TPSA) is 61.9 Å². The molecule has 0 aromatic heterocycles. The molecule has 0 bridgehead atoms. The van der Waals surface area contributed by atoms with Crippen LogP contribution < -0.4 is 10.1 Å². The molecule has 1 aromatic rings. The highest BCUT2D eigenvalue weighted by atomic mass is 35.5. The molecule has 0 saturated carbocycles. The second-order valence-electron chi connectivity index (χ2n) is 6.47. The third-order valence-corrected chi connectivity index (χ3v) is 5.19. The third-order valence-electron chi connectivity index (χ3n) is 4.88. The van der Waals surface area contributed by atoms with Crippen LogP contribution in [0.4, 0.5) is 0 Å². The molecule has 2 aliphatic rings. The van der Waals surface area contributed by atoms with Gasteiger partial charge < -0.3 is 15.0 Å². The van der Waals surface area contributed by atoms with Crippen molar-refractivity contribution in [3.8, 4) is 5.75 Å². The Kier molecular flexibility index (Phi) is 6.15. The quantitative estimate of drug-likeness (QED) is 0.879. The predicted molar refractivity (Wildman–Crippen MR) is 95.7 cm³/mol. The van der Waals surface area contributed by atoms with E-state index in [2.05, 4.69) is 10.2 Å². The minimum absolute atomic E-state index is 0.00554. The standard InChI is InChI=1S/C18H24ClN3O3/c19-15-3-1-2-4-16(15)25-13-18(24)22-11-9-21(10-12-22)14-5-6-17(23)20-8-7-14/h1-4,14H,5-13H2,(H,20,23). The molecule has 1 atom stereocenters. The van der Waals surface area contributed by atoms with Crippen LogP contribution in [-0.4, -0.2) is 67.0 Å². The minimum atomic E-state index is -0.0164. The van der Waals surface area contributed by atoms with Crippen molar-refractivity contribution in [2.24, 2.45) is 0 Å². The summed E-state index contributed by atoms with van der Waals surface area (Å²) in [4.78, 5) is 28.1. The molecule has 1 unspecified atom stereocenters. The summed E-state index contributed by atoms with van der Waals surface area (Å²) in [5.74, 6) is 0.664. The van der Waals surface area contributed by atoms with Gasteiger partial charge in [0.25, 0.3) is 5.91 Å². The van der Waals surface area contributed by atoms with Crippen LogP contribution in [0.25, 0.3) is 0 Å². The maximum absolute atomic E-state index is 12.3. The summed E-state index contributed by atoms with van der Waals surface area (Å²) in [5.41, 5.74) is 0. The molecule has 7 heteroatoms. The highest BCUT2D eigenvalue weighted by Gasteiger charge is 2.27. The van der Waals surface area contributed by atoms with E-state index >= 15 is 0 Å². The molecule has 3 rings (SSSR count). The van der Waals surface area contributed by atoms with Gasteiger partial charge in [0.05, 0.1) is 5.02 Å². The van der Waals surface area contributed by atoms with Crippen LogP contribution in [0.15, 0.2) is 24.3 Å². The fourth-order valence-corrected chi connectivity index (χ4v) is 3.59. The van der Waals surface area contributed by atoms with E-state index in [1.54, 1.807) is 12.1 Å². The van der Waals surface area contributed by atoms with E-state index in [0.29, 0.717) is 36.3 Å². The average molecular weight is 366 g/mol. The molecule has 1 N–H and O–H groups in total. The number of hydrogen-bond acceptors (Lipinski definition) is 4. The van der Waals surface area contributed by atoms with Gasteiger partial charge >= 0.3 is 0 Å². The Hall–Kier alpha value is -1.79. The lowest BCUT2D eigenvalue weighted by Crippen LogP contribution is -2.53. The number of ether oxygens (including phenoxy) is 1. The Morgan fingerprint density at radius 1 is 1.20 bits per heavy atom. The van der Waals surface area contributed by atoms with Crippen LogP contribution in [0.5, 0.6) is 5.75 Å². The molecule has 2 saturated heterocycles. The third kappa shape index (κ3) is 4.86. The maximum atomic E-state index is 12.3. The molecule has 0 radical (unpaired) electrons. The summed E-state index contributed by atoms with van der Waals surface area (Å²) in [5, 5.41) is 3.43. The summed E-state index contributed by atoms with van der Waals surface area (Å²) in [6, 6.07) is 7.58. The highest BCUT2D eigenvalue weighted by molar-refractivity contribution is 6.32. The molecular weight excluding hydrogens is 342 g/mol. The zero-order valence-electron chi connectivity index (χ0n) is 14.2. The number of carbonyl (C=O) groups is 2. The number of nitrogens with zero attached hydrogens (tertiary/aromatic N) is 2. The molecule has 1 aromatic carbocycles. The molecule has 136 valence electrons. The fourth-order valence-electron chi connectivity index (χ4n) is 3.40. The lowest BCUT2D eigenvalue weighted by molar-refractivity contribution is -0.135. The molecule has 6 nitrogen and oxygen atoms in total. The lowest BCUT2D eigenvalue weighted by atomic mass is 10.1. The minimum Gasteiger partial charge on any atom is -0.482 e. The summed E-state index contributed by atoms with van der Waals surface area (Å²) in [7, 11) is 0. The first-order valence-corrected chi connectivity index (χ1v) is 9.17. The monoisotopic (exact) mass is 365 g/mol. The lowest BCUT2D eigenvalue weighted by Gasteiger charge is -2.39. The van der Waals surface area contributed by atoms with Gasteiger partial charge in [-0.2, -0.15) is 0 Å². The van der Waals surface area contributed by atoms with Gasteiger partial charge in [-0.1, -0.05) is 23.7 Å². The van der Waals surface area contributed by atoms with Gasteiger partial charge in [0.15, 0.2) is 6.61 Å². The van der Waals surface area contributed by atoms with Gasteiger partial charge in [-0.05, 0) is 25.0 Å². The first-order valence-electron chi connectivity index (χ1n) is 8.79. The summed E-state index contributed by atoms with van der Waals surface area (Å²) in [6.07, 6.45) is 2.47. The Bertz CT molecular complexity index is 617. The van der Waals surface area contributed by atoms with Crippen LogP contribution in [0, 0.1) is 0 Å². The van der Waals surface area contributed by atoms with E-state index in [1.807, 2.05) is 17.0 Å². The molecule has 2 amide bonds. The van der Waals surface area contributed by atoms with E-state index < -0.39 is 0 Å². The number of para-hydroxylation sites is 1. The van der Waals surface area contributed by atoms with Crippen molar-refractivity contribution in [2.45, 2.75) is 25.3 Å². The smallest absolute Gasteiger partial charge is 0.260 e. The number of piperazine rings is 1. The predicted octanol–water partition coefficient (Wildman–Crippen LogP) is 1.53. The number of nitrogens with one attached hydrogen (secondary N) is 1. The molecule has 25 heavy (non-hydrogen) atoms. The van der Waals surface area contributed by atoms with Gasteiger partial charge in [-0.25, -0.2) is 0 Å². The SMILES string of the molecule is O=C1CCC(N2CCN(C(=O)COc3ccccc3Cl)CC2)CCN1. The second-order valence-corrected chi connectivity index (χ2v) is 6.87. The number of carbonyl (C=O) groups excluding carboxylic acids is 2. The zero-order chi connectivity index (χ0) is 17.6. The van der Waals surface area contributed by atoms with Crippen molar-refractivity contribution in [2.75, 3.05) is 39.3 Å². The number of halogens is 1. The van der Waals surface area contributed by atoms with Crippen LogP contribution >= 0.6 is 11.6 Å². The van der Waals surface area contributed by atoms with E-state index in [4.69, 9.17) is 16.3 Å². The van der Waals surface area contributed by atoms with Crippen LogP contribution in [0.2, 0.25) is 5.02 Å². The van der Waals surface area contributed by atoms with Crippen molar-refractivity contribution in [3.05, 3.63) is 29.3 Å². The number of rotatable bonds is 4. The Balaban J connectivity index is 1.44. The molecular formula is C18H24ClN3O3. The molecule has 0 spiro atoms. The normalized spacial score (nSPS) is 22.2. The van der Waals surface area contributed by atoms with E-state index in [0.717, 1.165) is 32.5 Å². The Morgan fingerprint density at radius 2 is 1.96 bits per heavy atom. The van der Waals surface area contributed by atoms with Gasteiger partial charge in [0, 0.05) is 45.2 Å². The highest BCUT2D eigenvalue weighted by Crippen LogP contribution is 2.23. The van der Waals surface area contributed by atoms with Crippen LogP contribution in [-0.2, 0) is 9.59 Å². The molecule has 0 aliphatic carbocycles. The largest absolute Gasteiger partial charge is 0.482 e. The van der Waals surface area contributed by atoms with Crippen molar-refractivity contribution in [3.63, 3.8) is 0 Å². The average Bonchev–Trinajstić information content (AvgIpc) is 2.85. The number of benzene rings is 1. The number of hydrogen-bond donors (Lipinski definition) is 1. The van der Waals surface area contributed by atoms with Crippen LogP contribution in [0.1, 0.15) is 19.3 Å². The van der Waals surface area contributed by atoms with Crippen molar-refractivity contribution in [1.29, 1.82) is 0 Å². The maximum Gasteiger partial charge on any atom is 0.260 e. The Morgan fingerprint density at radius 3 is 2.72 bits per heavy atom. The fraction of sp³-hybridized carbons (Fsp3) is 0.556. The van der Waals surface area contributed by atoms with E-state index in [9.17, 15) is 9.59 Å². The molecule has 2 fully saturated rings. The van der Waals surface area contributed by atoms with Gasteiger partial charge in [0.1, 0.15) is 5.75 Å². The Labute approximate surface area is 153 Å². The van der Waals surface area contributed by atoms with Gasteiger partial charge in [-0.3, -0.25) is 14.5 Å². The van der Waals surface area contributed by atoms with E-state index in [-0.39, 0.29) is 18.4 Å². The van der Waals surface area contributed by atoms with Crippen molar-refractivity contribution < 1.29 is 14.3 Å². The second kappa shape index (κ2) is 8.54. The van der Waals surface area contributed by atoms with Gasteiger partial charge in [-0.15, -0.1) is 0 Å². The van der Waals surface area contributed by atoms with Crippen molar-refractivity contribution >= 4 is 23.4 Å². The molecule has 2 aliphatic heterocycles. The van der Waals surface area contributed by atoms with Gasteiger partial charge in [0.2, 0.25) is 5.91 Å².